The summed E-state index contributed by atoms with van der Waals surface area (Å²) in [7, 11) is 0. The molecule has 0 bridgehead atoms. The van der Waals surface area contributed by atoms with E-state index in [4.69, 9.17) is 16.6 Å². The Bertz CT molecular complexity index is 321. The molecule has 0 heterocycles. The first-order valence-corrected chi connectivity index (χ1v) is 5.32. The summed E-state index contributed by atoms with van der Waals surface area (Å²) in [5.41, 5.74) is 10.1. The second kappa shape index (κ2) is 7.01. The first-order chi connectivity index (χ1) is 7.79. The average molecular weight is 245 g/mol. The number of carboxylic acid groups (broad SMARTS) is 1. The Morgan fingerprint density at radius 2 is 2.18 bits per heavy atom. The van der Waals surface area contributed by atoms with E-state index in [-0.39, 0.29) is 13.0 Å². The number of rotatable bonds is 7. The van der Waals surface area contributed by atoms with Crippen LogP contribution < -0.4 is 11.5 Å². The smallest absolute Gasteiger partial charge is 0.323 e. The highest BCUT2D eigenvalue weighted by Crippen LogP contribution is 2.11. The number of amidine groups is 1. The summed E-state index contributed by atoms with van der Waals surface area (Å²) >= 11 is 0. The molecule has 0 saturated carbocycles. The van der Waals surface area contributed by atoms with Gasteiger partial charge >= 0.3 is 5.97 Å². The summed E-state index contributed by atoms with van der Waals surface area (Å²) in [5, 5.41) is 8.78. The standard InChI is InChI=1S/C11H20FN3O2/c1-8(13)15-7-9(6-12)4-3-5-11(2,14)10(16)17/h4H,3,5-7,14H2,1-2H3,(H2,13,15)(H,16,17)/t11-/m0/s1. The molecule has 0 aromatic heterocycles. The third-order valence-electron chi connectivity index (χ3n) is 2.29. The molecule has 0 spiro atoms. The van der Waals surface area contributed by atoms with E-state index in [9.17, 15) is 9.18 Å². The number of hydrogen-bond acceptors (Lipinski definition) is 3. The number of carbonyl (C=O) groups is 1. The van der Waals surface area contributed by atoms with Crippen LogP contribution in [0.5, 0.6) is 0 Å². The predicted octanol–water partition coefficient (Wildman–Crippen LogP) is 0.842. The number of aliphatic imine (C=N–C) groups is 1. The van der Waals surface area contributed by atoms with Crippen molar-refractivity contribution in [3.8, 4) is 0 Å². The maximum atomic E-state index is 12.6. The van der Waals surface area contributed by atoms with Crippen molar-refractivity contribution in [3.63, 3.8) is 0 Å². The highest BCUT2D eigenvalue weighted by Gasteiger charge is 2.26. The van der Waals surface area contributed by atoms with E-state index >= 15 is 0 Å². The van der Waals surface area contributed by atoms with Crippen LogP contribution in [0.15, 0.2) is 16.6 Å². The fraction of sp³-hybridized carbons (Fsp3) is 0.636. The van der Waals surface area contributed by atoms with Crippen molar-refractivity contribution in [2.45, 2.75) is 32.2 Å². The van der Waals surface area contributed by atoms with Gasteiger partial charge in [-0.2, -0.15) is 0 Å². The van der Waals surface area contributed by atoms with Gasteiger partial charge in [-0.1, -0.05) is 6.08 Å². The average Bonchev–Trinajstić information content (AvgIpc) is 2.22. The molecule has 0 unspecified atom stereocenters. The Hall–Kier alpha value is -1.43. The Kier molecular flexibility index (Phi) is 6.42. The van der Waals surface area contributed by atoms with Crippen molar-refractivity contribution >= 4 is 11.8 Å². The molecule has 0 fully saturated rings. The largest absolute Gasteiger partial charge is 0.480 e. The monoisotopic (exact) mass is 245 g/mol. The number of nitrogens with two attached hydrogens (primary N) is 2. The van der Waals surface area contributed by atoms with Gasteiger partial charge in [0.2, 0.25) is 0 Å². The van der Waals surface area contributed by atoms with Gasteiger partial charge in [0, 0.05) is 0 Å². The lowest BCUT2D eigenvalue weighted by Crippen LogP contribution is -2.44. The molecular formula is C11H20FN3O2. The normalized spacial score (nSPS) is 16.7. The van der Waals surface area contributed by atoms with E-state index < -0.39 is 18.2 Å². The third-order valence-corrected chi connectivity index (χ3v) is 2.29. The molecule has 0 amide bonds. The SMILES string of the molecule is CC(N)=NCC(=CCC[C@](C)(N)C(=O)O)CF. The number of hydrogen-bond donors (Lipinski definition) is 3. The van der Waals surface area contributed by atoms with Gasteiger partial charge in [-0.05, 0) is 32.3 Å². The van der Waals surface area contributed by atoms with Crippen LogP contribution in [0.2, 0.25) is 0 Å². The minimum Gasteiger partial charge on any atom is -0.480 e. The summed E-state index contributed by atoms with van der Waals surface area (Å²) in [6, 6.07) is 0. The molecule has 5 nitrogen and oxygen atoms in total. The zero-order valence-corrected chi connectivity index (χ0v) is 10.2. The van der Waals surface area contributed by atoms with Crippen LogP contribution in [-0.2, 0) is 4.79 Å². The molecule has 1 atom stereocenters. The summed E-state index contributed by atoms with van der Waals surface area (Å²) < 4.78 is 12.6. The van der Waals surface area contributed by atoms with Crippen LogP contribution in [0.3, 0.4) is 0 Å². The van der Waals surface area contributed by atoms with Gasteiger partial charge in [0.15, 0.2) is 0 Å². The first kappa shape index (κ1) is 15.6. The molecule has 0 aliphatic carbocycles. The lowest BCUT2D eigenvalue weighted by Gasteiger charge is -2.17. The van der Waals surface area contributed by atoms with E-state index in [1.807, 2.05) is 0 Å². The predicted molar refractivity (Wildman–Crippen MR) is 65.7 cm³/mol. The lowest BCUT2D eigenvalue weighted by molar-refractivity contribution is -0.142. The molecule has 17 heavy (non-hydrogen) atoms. The number of carboxylic acids is 1. The highest BCUT2D eigenvalue weighted by molar-refractivity contribution is 5.78. The maximum Gasteiger partial charge on any atom is 0.323 e. The first-order valence-electron chi connectivity index (χ1n) is 5.32. The highest BCUT2D eigenvalue weighted by atomic mass is 19.1. The minimum atomic E-state index is -1.29. The van der Waals surface area contributed by atoms with Gasteiger partial charge in [-0.3, -0.25) is 9.79 Å². The van der Waals surface area contributed by atoms with Gasteiger partial charge in [0.1, 0.15) is 12.2 Å². The van der Waals surface area contributed by atoms with Gasteiger partial charge in [-0.25, -0.2) is 4.39 Å². The molecule has 98 valence electrons. The summed E-state index contributed by atoms with van der Waals surface area (Å²) in [5.74, 6) is -0.679. The van der Waals surface area contributed by atoms with Gasteiger partial charge in [0.05, 0.1) is 12.4 Å². The van der Waals surface area contributed by atoms with E-state index in [1.165, 1.54) is 6.92 Å². The van der Waals surface area contributed by atoms with E-state index in [1.54, 1.807) is 13.0 Å². The molecule has 0 rings (SSSR count). The van der Waals surface area contributed by atoms with Crippen LogP contribution >= 0.6 is 0 Å². The molecule has 0 aliphatic rings. The van der Waals surface area contributed by atoms with Crippen molar-refractivity contribution in [1.82, 2.24) is 0 Å². The van der Waals surface area contributed by atoms with Crippen LogP contribution in [-0.4, -0.2) is 35.7 Å². The van der Waals surface area contributed by atoms with Gasteiger partial charge in [0.25, 0.3) is 0 Å². The van der Waals surface area contributed by atoms with Crippen molar-refractivity contribution in [3.05, 3.63) is 11.6 Å². The van der Waals surface area contributed by atoms with Crippen LogP contribution in [0.25, 0.3) is 0 Å². The second-order valence-corrected chi connectivity index (χ2v) is 4.21. The number of allylic oxidation sites excluding steroid dienone is 1. The van der Waals surface area contributed by atoms with E-state index in [0.29, 0.717) is 17.8 Å². The molecule has 0 aliphatic heterocycles. The Balaban J connectivity index is 4.29. The summed E-state index contributed by atoms with van der Waals surface area (Å²) in [6.45, 7) is 2.63. The van der Waals surface area contributed by atoms with Crippen molar-refractivity contribution < 1.29 is 14.3 Å². The van der Waals surface area contributed by atoms with Gasteiger partial charge < -0.3 is 16.6 Å². The molecule has 5 N–H and O–H groups in total. The maximum absolute atomic E-state index is 12.6. The van der Waals surface area contributed by atoms with Gasteiger partial charge in [-0.15, -0.1) is 0 Å². The van der Waals surface area contributed by atoms with Crippen LogP contribution in [0.1, 0.15) is 26.7 Å². The fourth-order valence-corrected chi connectivity index (χ4v) is 1.07. The number of nitrogens with zero attached hydrogens (tertiary/aromatic N) is 1. The number of halogens is 1. The molecule has 0 saturated heterocycles. The van der Waals surface area contributed by atoms with E-state index in [2.05, 4.69) is 4.99 Å². The van der Waals surface area contributed by atoms with Crippen LogP contribution in [0, 0.1) is 0 Å². The van der Waals surface area contributed by atoms with Crippen molar-refractivity contribution in [2.75, 3.05) is 13.2 Å². The Labute approximate surface area is 100 Å². The van der Waals surface area contributed by atoms with Crippen molar-refractivity contribution in [2.24, 2.45) is 16.5 Å². The third kappa shape index (κ3) is 6.68. The summed E-state index contributed by atoms with van der Waals surface area (Å²) in [6.07, 6.45) is 2.27. The second-order valence-electron chi connectivity index (χ2n) is 4.21. The zero-order valence-electron chi connectivity index (χ0n) is 10.2. The quantitative estimate of drug-likeness (QED) is 0.351. The zero-order chi connectivity index (χ0) is 13.5. The van der Waals surface area contributed by atoms with Crippen molar-refractivity contribution in [1.29, 1.82) is 0 Å². The fourth-order valence-electron chi connectivity index (χ4n) is 1.07. The topological polar surface area (TPSA) is 102 Å². The lowest BCUT2D eigenvalue weighted by atomic mass is 9.97. The Morgan fingerprint density at radius 3 is 2.59 bits per heavy atom. The molecular weight excluding hydrogens is 225 g/mol. The van der Waals surface area contributed by atoms with Crippen LogP contribution in [0.4, 0.5) is 4.39 Å². The minimum absolute atomic E-state index is 0.202. The Morgan fingerprint density at radius 1 is 1.59 bits per heavy atom. The molecule has 0 aromatic rings. The molecule has 0 aromatic carbocycles. The number of aliphatic carboxylic acids is 1. The number of alkyl halides is 1. The molecule has 0 radical (unpaired) electrons. The van der Waals surface area contributed by atoms with E-state index in [0.717, 1.165) is 0 Å². The molecule has 6 heteroatoms. The summed E-state index contributed by atoms with van der Waals surface area (Å²) in [4.78, 5) is 14.6.